The maximum absolute atomic E-state index is 13.1. The van der Waals surface area contributed by atoms with E-state index in [2.05, 4.69) is 5.32 Å². The monoisotopic (exact) mass is 402 g/mol. The Morgan fingerprint density at radius 3 is 2.54 bits per heavy atom. The minimum absolute atomic E-state index is 0.200. The molecule has 3 rings (SSSR count). The van der Waals surface area contributed by atoms with Crippen LogP contribution in [-0.2, 0) is 21.2 Å². The molecule has 0 unspecified atom stereocenters. The Bertz CT molecular complexity index is 980. The predicted molar refractivity (Wildman–Crippen MR) is 109 cm³/mol. The molecule has 1 saturated heterocycles. The van der Waals surface area contributed by atoms with Gasteiger partial charge in [0.05, 0.1) is 18.1 Å². The highest BCUT2D eigenvalue weighted by atomic mass is 32.2. The van der Waals surface area contributed by atoms with E-state index in [1.807, 2.05) is 39.0 Å². The standard InChI is InChI=1S/C21H26N2O4S/c1-4-17-8-9-18(21(24)22-19-7-5-6-15(2)16(19)3)14-20(17)28(25,26)23-10-12-27-13-11-23/h5-9,14H,4,10-13H2,1-3H3,(H,22,24). The quantitative estimate of drug-likeness (QED) is 0.834. The van der Waals surface area contributed by atoms with Gasteiger partial charge in [0, 0.05) is 24.3 Å². The van der Waals surface area contributed by atoms with Crippen LogP contribution in [0.15, 0.2) is 41.3 Å². The van der Waals surface area contributed by atoms with E-state index in [9.17, 15) is 13.2 Å². The lowest BCUT2D eigenvalue weighted by molar-refractivity contribution is 0.0730. The van der Waals surface area contributed by atoms with Crippen LogP contribution in [0.5, 0.6) is 0 Å². The third kappa shape index (κ3) is 4.11. The number of hydrogen-bond acceptors (Lipinski definition) is 4. The molecule has 0 bridgehead atoms. The van der Waals surface area contributed by atoms with Crippen molar-refractivity contribution >= 4 is 21.6 Å². The molecule has 0 saturated carbocycles. The molecule has 6 nitrogen and oxygen atoms in total. The second kappa shape index (κ2) is 8.43. The number of sulfonamides is 1. The number of carbonyl (C=O) groups is 1. The molecule has 150 valence electrons. The van der Waals surface area contributed by atoms with E-state index < -0.39 is 10.0 Å². The molecule has 0 aromatic heterocycles. The Morgan fingerprint density at radius 1 is 1.14 bits per heavy atom. The molecule has 0 aliphatic carbocycles. The first-order valence-electron chi connectivity index (χ1n) is 9.43. The number of aryl methyl sites for hydroxylation is 2. The largest absolute Gasteiger partial charge is 0.379 e. The number of nitrogens with one attached hydrogen (secondary N) is 1. The van der Waals surface area contributed by atoms with Gasteiger partial charge in [0.1, 0.15) is 0 Å². The second-order valence-corrected chi connectivity index (χ2v) is 8.80. The molecule has 1 fully saturated rings. The highest BCUT2D eigenvalue weighted by Crippen LogP contribution is 2.25. The van der Waals surface area contributed by atoms with Gasteiger partial charge in [-0.05, 0) is 55.2 Å². The molecule has 2 aromatic rings. The van der Waals surface area contributed by atoms with Crippen molar-refractivity contribution in [1.29, 1.82) is 0 Å². The zero-order valence-electron chi connectivity index (χ0n) is 16.5. The Kier molecular flexibility index (Phi) is 6.17. The smallest absolute Gasteiger partial charge is 0.255 e. The highest BCUT2D eigenvalue weighted by molar-refractivity contribution is 7.89. The first-order valence-corrected chi connectivity index (χ1v) is 10.9. The number of carbonyl (C=O) groups excluding carboxylic acids is 1. The van der Waals surface area contributed by atoms with E-state index in [0.717, 1.165) is 16.8 Å². The molecule has 1 aliphatic rings. The van der Waals surface area contributed by atoms with Crippen molar-refractivity contribution in [3.8, 4) is 0 Å². The third-order valence-electron chi connectivity index (χ3n) is 5.15. The van der Waals surface area contributed by atoms with E-state index in [1.54, 1.807) is 12.1 Å². The van der Waals surface area contributed by atoms with Gasteiger partial charge >= 0.3 is 0 Å². The first-order chi connectivity index (χ1) is 13.3. The predicted octanol–water partition coefficient (Wildman–Crippen LogP) is 3.14. The molecule has 0 radical (unpaired) electrons. The van der Waals surface area contributed by atoms with Crippen LogP contribution in [-0.4, -0.2) is 44.9 Å². The molecule has 0 atom stereocenters. The second-order valence-electron chi connectivity index (χ2n) is 6.89. The zero-order valence-corrected chi connectivity index (χ0v) is 17.3. The maximum atomic E-state index is 13.1. The molecule has 1 aliphatic heterocycles. The summed E-state index contributed by atoms with van der Waals surface area (Å²) in [4.78, 5) is 13.0. The van der Waals surface area contributed by atoms with Crippen molar-refractivity contribution in [2.75, 3.05) is 31.6 Å². The summed E-state index contributed by atoms with van der Waals surface area (Å²) in [6, 6.07) is 10.6. The van der Waals surface area contributed by atoms with Crippen molar-refractivity contribution in [2.24, 2.45) is 0 Å². The van der Waals surface area contributed by atoms with Crippen LogP contribution in [0, 0.1) is 13.8 Å². The van der Waals surface area contributed by atoms with Crippen molar-refractivity contribution in [1.82, 2.24) is 4.31 Å². The maximum Gasteiger partial charge on any atom is 0.255 e. The number of hydrogen-bond donors (Lipinski definition) is 1. The molecular formula is C21H26N2O4S. The van der Waals surface area contributed by atoms with Crippen molar-refractivity contribution in [3.63, 3.8) is 0 Å². The van der Waals surface area contributed by atoms with E-state index in [1.165, 1.54) is 10.4 Å². The SMILES string of the molecule is CCc1ccc(C(=O)Nc2cccc(C)c2C)cc1S(=O)(=O)N1CCOCC1. The van der Waals surface area contributed by atoms with Crippen LogP contribution < -0.4 is 5.32 Å². The Balaban J connectivity index is 1.94. The van der Waals surface area contributed by atoms with Crippen LogP contribution in [0.2, 0.25) is 0 Å². The number of amides is 1. The van der Waals surface area contributed by atoms with Crippen LogP contribution in [0.3, 0.4) is 0 Å². The van der Waals surface area contributed by atoms with Gasteiger partial charge < -0.3 is 10.1 Å². The number of anilines is 1. The Hall–Kier alpha value is -2.22. The molecule has 0 spiro atoms. The van der Waals surface area contributed by atoms with Gasteiger partial charge in [0.25, 0.3) is 5.91 Å². The fraction of sp³-hybridized carbons (Fsp3) is 0.381. The lowest BCUT2D eigenvalue weighted by Crippen LogP contribution is -2.41. The summed E-state index contributed by atoms with van der Waals surface area (Å²) in [6.45, 7) is 7.24. The van der Waals surface area contributed by atoms with Gasteiger partial charge in [-0.25, -0.2) is 8.42 Å². The lowest BCUT2D eigenvalue weighted by atomic mass is 10.1. The summed E-state index contributed by atoms with van der Waals surface area (Å²) in [5, 5.41) is 2.90. The summed E-state index contributed by atoms with van der Waals surface area (Å²) < 4.78 is 33.0. The summed E-state index contributed by atoms with van der Waals surface area (Å²) in [6.07, 6.45) is 0.567. The van der Waals surface area contributed by atoms with Crippen molar-refractivity contribution in [3.05, 3.63) is 58.7 Å². The van der Waals surface area contributed by atoms with Gasteiger partial charge in [-0.3, -0.25) is 4.79 Å². The summed E-state index contributed by atoms with van der Waals surface area (Å²) >= 11 is 0. The van der Waals surface area contributed by atoms with E-state index in [-0.39, 0.29) is 10.8 Å². The number of benzene rings is 2. The summed E-state index contributed by atoms with van der Waals surface area (Å²) in [7, 11) is -3.68. The van der Waals surface area contributed by atoms with Crippen LogP contribution >= 0.6 is 0 Å². The summed E-state index contributed by atoms with van der Waals surface area (Å²) in [5.41, 5.74) is 3.82. The van der Waals surface area contributed by atoms with Gasteiger partial charge in [-0.2, -0.15) is 4.31 Å². The molecule has 28 heavy (non-hydrogen) atoms. The van der Waals surface area contributed by atoms with Gasteiger partial charge in [-0.1, -0.05) is 25.1 Å². The molecule has 1 heterocycles. The molecule has 1 N–H and O–H groups in total. The fourth-order valence-electron chi connectivity index (χ4n) is 3.24. The summed E-state index contributed by atoms with van der Waals surface area (Å²) in [5.74, 6) is -0.324. The highest BCUT2D eigenvalue weighted by Gasteiger charge is 2.29. The van der Waals surface area contributed by atoms with Crippen LogP contribution in [0.4, 0.5) is 5.69 Å². The topological polar surface area (TPSA) is 75.7 Å². The van der Waals surface area contributed by atoms with Crippen LogP contribution in [0.25, 0.3) is 0 Å². The fourth-order valence-corrected chi connectivity index (χ4v) is 4.96. The number of ether oxygens (including phenoxy) is 1. The van der Waals surface area contributed by atoms with Gasteiger partial charge in [0.2, 0.25) is 10.0 Å². The van der Waals surface area contributed by atoms with Crippen molar-refractivity contribution < 1.29 is 17.9 Å². The lowest BCUT2D eigenvalue weighted by Gasteiger charge is -2.27. The van der Waals surface area contributed by atoms with Gasteiger partial charge in [0.15, 0.2) is 0 Å². The number of rotatable bonds is 5. The number of nitrogens with zero attached hydrogens (tertiary/aromatic N) is 1. The number of morpholine rings is 1. The zero-order chi connectivity index (χ0) is 20.3. The minimum Gasteiger partial charge on any atom is -0.379 e. The van der Waals surface area contributed by atoms with E-state index in [4.69, 9.17) is 4.74 Å². The van der Waals surface area contributed by atoms with Gasteiger partial charge in [-0.15, -0.1) is 0 Å². The average Bonchev–Trinajstić information content (AvgIpc) is 2.71. The third-order valence-corrected chi connectivity index (χ3v) is 7.13. The van der Waals surface area contributed by atoms with E-state index in [0.29, 0.717) is 43.9 Å². The molecule has 2 aromatic carbocycles. The van der Waals surface area contributed by atoms with Crippen LogP contribution in [0.1, 0.15) is 34.0 Å². The molecule has 1 amide bonds. The molecule has 7 heteroatoms. The van der Waals surface area contributed by atoms with Crippen molar-refractivity contribution in [2.45, 2.75) is 32.1 Å². The first kappa shape index (κ1) is 20.5. The normalized spacial score (nSPS) is 15.4. The Morgan fingerprint density at radius 2 is 1.86 bits per heavy atom. The molecular weight excluding hydrogens is 376 g/mol. The Labute approximate surface area is 166 Å². The average molecular weight is 403 g/mol. The minimum atomic E-state index is -3.68. The van der Waals surface area contributed by atoms with E-state index >= 15 is 0 Å².